The molecule has 1 aromatic heterocycles. The SMILES string of the molecule is Cc1cc(C(=O)O)cc(NC(C)Cc2ccc(F)cc2)n1. The summed E-state index contributed by atoms with van der Waals surface area (Å²) in [7, 11) is 0. The molecule has 0 spiro atoms. The van der Waals surface area contributed by atoms with Crippen molar-refractivity contribution in [2.24, 2.45) is 0 Å². The van der Waals surface area contributed by atoms with E-state index >= 15 is 0 Å². The molecular weight excluding hydrogens is 271 g/mol. The second-order valence-corrected chi connectivity index (χ2v) is 5.06. The van der Waals surface area contributed by atoms with Gasteiger partial charge in [-0.15, -0.1) is 0 Å². The van der Waals surface area contributed by atoms with E-state index in [-0.39, 0.29) is 17.4 Å². The number of nitrogens with one attached hydrogen (secondary N) is 1. The molecule has 1 heterocycles. The molecule has 110 valence electrons. The molecule has 4 nitrogen and oxygen atoms in total. The zero-order chi connectivity index (χ0) is 15.4. The van der Waals surface area contributed by atoms with Gasteiger partial charge in [-0.1, -0.05) is 12.1 Å². The molecule has 0 amide bonds. The quantitative estimate of drug-likeness (QED) is 0.886. The number of carbonyl (C=O) groups is 1. The molecule has 21 heavy (non-hydrogen) atoms. The Bertz CT molecular complexity index is 641. The van der Waals surface area contributed by atoms with Crippen LogP contribution in [0.15, 0.2) is 36.4 Å². The van der Waals surface area contributed by atoms with Crippen LogP contribution in [-0.4, -0.2) is 22.1 Å². The highest BCUT2D eigenvalue weighted by Gasteiger charge is 2.09. The Labute approximate surface area is 122 Å². The first kappa shape index (κ1) is 15.0. The van der Waals surface area contributed by atoms with E-state index in [2.05, 4.69) is 10.3 Å². The Balaban J connectivity index is 2.07. The van der Waals surface area contributed by atoms with Crippen molar-refractivity contribution in [1.29, 1.82) is 0 Å². The van der Waals surface area contributed by atoms with Crippen LogP contribution in [0, 0.1) is 12.7 Å². The average Bonchev–Trinajstić information content (AvgIpc) is 2.40. The predicted octanol–water partition coefficient (Wildman–Crippen LogP) is 3.27. The molecule has 0 aliphatic heterocycles. The van der Waals surface area contributed by atoms with Crippen molar-refractivity contribution in [3.8, 4) is 0 Å². The first-order valence-electron chi connectivity index (χ1n) is 6.67. The molecule has 0 radical (unpaired) electrons. The molecule has 0 aliphatic carbocycles. The van der Waals surface area contributed by atoms with Crippen LogP contribution >= 0.6 is 0 Å². The third kappa shape index (κ3) is 4.27. The van der Waals surface area contributed by atoms with E-state index in [1.54, 1.807) is 19.1 Å². The fourth-order valence-corrected chi connectivity index (χ4v) is 2.14. The third-order valence-electron chi connectivity index (χ3n) is 3.05. The van der Waals surface area contributed by atoms with Gasteiger partial charge in [0, 0.05) is 11.7 Å². The van der Waals surface area contributed by atoms with Crippen LogP contribution in [-0.2, 0) is 6.42 Å². The summed E-state index contributed by atoms with van der Waals surface area (Å²) in [6, 6.07) is 9.41. The number of benzene rings is 1. The van der Waals surface area contributed by atoms with Gasteiger partial charge in [0.05, 0.1) is 5.56 Å². The van der Waals surface area contributed by atoms with E-state index in [4.69, 9.17) is 5.11 Å². The molecule has 0 fully saturated rings. The Kier molecular flexibility index (Phi) is 4.52. The maximum atomic E-state index is 12.9. The molecule has 0 aliphatic rings. The molecule has 0 saturated heterocycles. The number of hydrogen-bond donors (Lipinski definition) is 2. The summed E-state index contributed by atoms with van der Waals surface area (Å²) >= 11 is 0. The van der Waals surface area contributed by atoms with Gasteiger partial charge in [0.15, 0.2) is 0 Å². The van der Waals surface area contributed by atoms with E-state index < -0.39 is 5.97 Å². The first-order valence-corrected chi connectivity index (χ1v) is 6.67. The second-order valence-electron chi connectivity index (χ2n) is 5.06. The van der Waals surface area contributed by atoms with Gasteiger partial charge in [-0.05, 0) is 50.1 Å². The highest BCUT2D eigenvalue weighted by Crippen LogP contribution is 2.13. The number of nitrogens with zero attached hydrogens (tertiary/aromatic N) is 1. The fraction of sp³-hybridized carbons (Fsp3) is 0.250. The molecule has 2 rings (SSSR count). The number of carboxylic acids is 1. The maximum absolute atomic E-state index is 12.9. The van der Waals surface area contributed by atoms with Gasteiger partial charge < -0.3 is 10.4 Å². The first-order chi connectivity index (χ1) is 9.94. The van der Waals surface area contributed by atoms with Crippen LogP contribution in [0.5, 0.6) is 0 Å². The Hall–Kier alpha value is -2.43. The van der Waals surface area contributed by atoms with Crippen LogP contribution in [0.4, 0.5) is 10.2 Å². The molecule has 1 atom stereocenters. The summed E-state index contributed by atoms with van der Waals surface area (Å²) in [4.78, 5) is 15.3. The number of pyridine rings is 1. The van der Waals surface area contributed by atoms with Crippen LogP contribution < -0.4 is 5.32 Å². The lowest BCUT2D eigenvalue weighted by molar-refractivity contribution is 0.0696. The highest BCUT2D eigenvalue weighted by atomic mass is 19.1. The zero-order valence-electron chi connectivity index (χ0n) is 11.9. The number of aromatic carboxylic acids is 1. The van der Waals surface area contributed by atoms with E-state index in [1.807, 2.05) is 6.92 Å². The number of halogens is 1. The lowest BCUT2D eigenvalue weighted by Crippen LogP contribution is -2.19. The summed E-state index contributed by atoms with van der Waals surface area (Å²) in [5.41, 5.74) is 1.85. The highest BCUT2D eigenvalue weighted by molar-refractivity contribution is 5.88. The van der Waals surface area contributed by atoms with Gasteiger partial charge in [0.2, 0.25) is 0 Å². The third-order valence-corrected chi connectivity index (χ3v) is 3.05. The van der Waals surface area contributed by atoms with Gasteiger partial charge in [0.1, 0.15) is 11.6 Å². The Morgan fingerprint density at radius 3 is 2.62 bits per heavy atom. The minimum atomic E-state index is -0.977. The van der Waals surface area contributed by atoms with Crippen molar-refractivity contribution in [3.05, 3.63) is 59.0 Å². The minimum Gasteiger partial charge on any atom is -0.478 e. The Morgan fingerprint density at radius 1 is 1.33 bits per heavy atom. The molecule has 1 aromatic carbocycles. The molecule has 2 N–H and O–H groups in total. The number of aryl methyl sites for hydroxylation is 1. The molecule has 0 bridgehead atoms. The van der Waals surface area contributed by atoms with E-state index in [9.17, 15) is 9.18 Å². The fourth-order valence-electron chi connectivity index (χ4n) is 2.14. The monoisotopic (exact) mass is 288 g/mol. The summed E-state index contributed by atoms with van der Waals surface area (Å²) in [6.07, 6.45) is 0.693. The van der Waals surface area contributed by atoms with E-state index in [1.165, 1.54) is 24.3 Å². The molecule has 0 saturated carbocycles. The smallest absolute Gasteiger partial charge is 0.335 e. The summed E-state index contributed by atoms with van der Waals surface area (Å²) in [6.45, 7) is 3.72. The lowest BCUT2D eigenvalue weighted by Gasteiger charge is -2.15. The van der Waals surface area contributed by atoms with Crippen molar-refractivity contribution in [1.82, 2.24) is 4.98 Å². The van der Waals surface area contributed by atoms with E-state index in [0.717, 1.165) is 5.56 Å². The molecule has 2 aromatic rings. The number of hydrogen-bond acceptors (Lipinski definition) is 3. The van der Waals surface area contributed by atoms with Crippen molar-refractivity contribution in [3.63, 3.8) is 0 Å². The van der Waals surface area contributed by atoms with Gasteiger partial charge in [0.25, 0.3) is 0 Å². The van der Waals surface area contributed by atoms with Crippen LogP contribution in [0.25, 0.3) is 0 Å². The topological polar surface area (TPSA) is 62.2 Å². The van der Waals surface area contributed by atoms with Gasteiger partial charge in [-0.25, -0.2) is 14.2 Å². The summed E-state index contributed by atoms with van der Waals surface area (Å²) < 4.78 is 12.9. The van der Waals surface area contributed by atoms with Crippen LogP contribution in [0.3, 0.4) is 0 Å². The van der Waals surface area contributed by atoms with Crippen molar-refractivity contribution >= 4 is 11.8 Å². The zero-order valence-corrected chi connectivity index (χ0v) is 11.9. The lowest BCUT2D eigenvalue weighted by atomic mass is 10.1. The van der Waals surface area contributed by atoms with Gasteiger partial charge in [-0.2, -0.15) is 0 Å². The minimum absolute atomic E-state index is 0.0476. The van der Waals surface area contributed by atoms with E-state index in [0.29, 0.717) is 17.9 Å². The molecular formula is C16H17FN2O2. The van der Waals surface area contributed by atoms with Gasteiger partial charge in [-0.3, -0.25) is 0 Å². The normalized spacial score (nSPS) is 12.0. The predicted molar refractivity (Wildman–Crippen MR) is 79.1 cm³/mol. The molecule has 1 unspecified atom stereocenters. The van der Waals surface area contributed by atoms with Crippen molar-refractivity contribution < 1.29 is 14.3 Å². The maximum Gasteiger partial charge on any atom is 0.335 e. The average molecular weight is 288 g/mol. The second kappa shape index (κ2) is 6.35. The number of anilines is 1. The number of rotatable bonds is 5. The van der Waals surface area contributed by atoms with Crippen LogP contribution in [0.2, 0.25) is 0 Å². The van der Waals surface area contributed by atoms with Crippen molar-refractivity contribution in [2.75, 3.05) is 5.32 Å². The Morgan fingerprint density at radius 2 is 2.00 bits per heavy atom. The number of carboxylic acid groups (broad SMARTS) is 1. The van der Waals surface area contributed by atoms with Gasteiger partial charge >= 0.3 is 5.97 Å². The standard InChI is InChI=1S/C16H17FN2O2/c1-10(7-12-3-5-14(17)6-4-12)18-15-9-13(16(20)21)8-11(2)19-15/h3-6,8-10H,7H2,1-2H3,(H,18,19)(H,20,21). The largest absolute Gasteiger partial charge is 0.478 e. The van der Waals surface area contributed by atoms with Crippen molar-refractivity contribution in [2.45, 2.75) is 26.3 Å². The summed E-state index contributed by atoms with van der Waals surface area (Å²) in [5.74, 6) is -0.706. The van der Waals surface area contributed by atoms with Crippen LogP contribution in [0.1, 0.15) is 28.5 Å². The molecule has 5 heteroatoms. The summed E-state index contributed by atoms with van der Waals surface area (Å²) in [5, 5.41) is 12.2. The number of aromatic nitrogens is 1.